The molecular weight excluding hydrogens is 370 g/mol. The number of nitrogens with zero attached hydrogens (tertiary/aromatic N) is 3. The number of oxime groups is 1. The van der Waals surface area contributed by atoms with Crippen LogP contribution >= 0.6 is 11.3 Å². The second-order valence-corrected chi connectivity index (χ2v) is 9.80. The Bertz CT molecular complexity index is 865. The molecule has 2 bridgehead atoms. The summed E-state index contributed by atoms with van der Waals surface area (Å²) in [4.78, 5) is 12.7. The van der Waals surface area contributed by atoms with Crippen molar-refractivity contribution in [1.29, 1.82) is 0 Å². The number of ether oxygens (including phenoxy) is 1. The lowest BCUT2D eigenvalue weighted by Gasteiger charge is -2.53. The Hall–Kier alpha value is -1.63. The first kappa shape index (κ1) is 17.2. The van der Waals surface area contributed by atoms with Gasteiger partial charge in [0.15, 0.2) is 5.84 Å². The Balaban J connectivity index is 1.37. The third-order valence-corrected chi connectivity index (χ3v) is 8.22. The van der Waals surface area contributed by atoms with Crippen LogP contribution in [0.25, 0.3) is 10.1 Å². The van der Waals surface area contributed by atoms with Gasteiger partial charge in [0.05, 0.1) is 11.4 Å². The summed E-state index contributed by atoms with van der Waals surface area (Å²) in [6.07, 6.45) is 4.72. The monoisotopic (exact) mass is 397 g/mol. The number of fused-ring (bicyclic) bond motifs is 3. The van der Waals surface area contributed by atoms with E-state index < -0.39 is 0 Å². The highest BCUT2D eigenvalue weighted by molar-refractivity contribution is 7.20. The van der Waals surface area contributed by atoms with E-state index in [0.717, 1.165) is 45.0 Å². The summed E-state index contributed by atoms with van der Waals surface area (Å²) in [5, 5.41) is 6.04. The van der Waals surface area contributed by atoms with E-state index in [1.54, 1.807) is 0 Å². The number of piperidine rings is 3. The summed E-state index contributed by atoms with van der Waals surface area (Å²) >= 11 is 1.84. The van der Waals surface area contributed by atoms with Crippen LogP contribution in [0.1, 0.15) is 30.6 Å². The first-order valence-electron chi connectivity index (χ1n) is 10.6. The predicted octanol–water partition coefficient (Wildman–Crippen LogP) is 3.74. The molecule has 0 saturated carbocycles. The predicted molar refractivity (Wildman–Crippen MR) is 112 cm³/mol. The molecule has 5 aliphatic heterocycles. The van der Waals surface area contributed by atoms with Crippen molar-refractivity contribution in [2.24, 2.45) is 17.0 Å². The van der Waals surface area contributed by atoms with Gasteiger partial charge in [0.1, 0.15) is 0 Å². The fourth-order valence-electron chi connectivity index (χ4n) is 5.50. The number of amidine groups is 1. The zero-order chi connectivity index (χ0) is 18.6. The Labute approximate surface area is 169 Å². The van der Waals surface area contributed by atoms with Crippen molar-refractivity contribution in [3.05, 3.63) is 35.2 Å². The highest BCUT2D eigenvalue weighted by atomic mass is 32.1. The molecule has 0 amide bonds. The zero-order valence-electron chi connectivity index (χ0n) is 16.2. The second-order valence-electron chi connectivity index (χ2n) is 8.72. The molecular formula is C22H27N3O2S. The quantitative estimate of drug-likeness (QED) is 0.791. The van der Waals surface area contributed by atoms with E-state index >= 15 is 0 Å². The number of hydrogen-bond donors (Lipinski definition) is 0. The molecule has 0 radical (unpaired) electrons. The SMILES string of the molecule is c1ccc2sc(C3=NOC4(CN5CCC4CC5)N3CC3CCOCC3)cc2c1. The first-order chi connectivity index (χ1) is 13.8. The molecule has 6 heterocycles. The number of thiophene rings is 1. The van der Waals surface area contributed by atoms with E-state index in [-0.39, 0.29) is 5.72 Å². The van der Waals surface area contributed by atoms with E-state index in [1.807, 2.05) is 11.3 Å². The number of benzene rings is 1. The Morgan fingerprint density at radius 3 is 2.68 bits per heavy atom. The second kappa shape index (κ2) is 6.71. The summed E-state index contributed by atoms with van der Waals surface area (Å²) < 4.78 is 6.94. The fraction of sp³-hybridized carbons (Fsp3) is 0.591. The molecule has 0 aliphatic carbocycles. The maximum Gasteiger partial charge on any atom is 0.227 e. The van der Waals surface area contributed by atoms with Gasteiger partial charge in [-0.05, 0) is 62.2 Å². The van der Waals surface area contributed by atoms with Gasteiger partial charge in [0, 0.05) is 30.4 Å². The van der Waals surface area contributed by atoms with Crippen LogP contribution in [0.15, 0.2) is 35.5 Å². The number of rotatable bonds is 3. The van der Waals surface area contributed by atoms with Gasteiger partial charge in [-0.15, -0.1) is 11.3 Å². The molecule has 5 nitrogen and oxygen atoms in total. The van der Waals surface area contributed by atoms with Crippen LogP contribution in [0.3, 0.4) is 0 Å². The molecule has 4 fully saturated rings. The van der Waals surface area contributed by atoms with Crippen molar-refractivity contribution in [3.63, 3.8) is 0 Å². The van der Waals surface area contributed by atoms with Gasteiger partial charge in [0.2, 0.25) is 5.72 Å². The summed E-state index contributed by atoms with van der Waals surface area (Å²) in [5.74, 6) is 2.29. The molecule has 7 rings (SSSR count). The van der Waals surface area contributed by atoms with Gasteiger partial charge in [-0.1, -0.05) is 23.4 Å². The van der Waals surface area contributed by atoms with E-state index in [0.29, 0.717) is 11.8 Å². The fourth-order valence-corrected chi connectivity index (χ4v) is 6.55. The largest absolute Gasteiger partial charge is 0.381 e. The van der Waals surface area contributed by atoms with Gasteiger partial charge in [-0.3, -0.25) is 4.90 Å². The molecule has 0 N–H and O–H groups in total. The lowest BCUT2D eigenvalue weighted by Crippen LogP contribution is -2.67. The lowest BCUT2D eigenvalue weighted by atomic mass is 9.79. The minimum Gasteiger partial charge on any atom is -0.381 e. The van der Waals surface area contributed by atoms with Crippen LogP contribution in [0.5, 0.6) is 0 Å². The molecule has 5 aliphatic rings. The van der Waals surface area contributed by atoms with Crippen LogP contribution in [-0.2, 0) is 9.57 Å². The van der Waals surface area contributed by atoms with Crippen molar-refractivity contribution in [3.8, 4) is 0 Å². The summed E-state index contributed by atoms with van der Waals surface area (Å²) in [6.45, 7) is 6.20. The average molecular weight is 398 g/mol. The van der Waals surface area contributed by atoms with Gasteiger partial charge in [-0.25, -0.2) is 0 Å². The Morgan fingerprint density at radius 2 is 1.93 bits per heavy atom. The summed E-state index contributed by atoms with van der Waals surface area (Å²) in [7, 11) is 0. The highest BCUT2D eigenvalue weighted by Crippen LogP contribution is 2.45. The van der Waals surface area contributed by atoms with E-state index in [9.17, 15) is 0 Å². The minimum absolute atomic E-state index is 0.264. The van der Waals surface area contributed by atoms with Crippen molar-refractivity contribution >= 4 is 27.3 Å². The maximum atomic E-state index is 6.38. The highest BCUT2D eigenvalue weighted by Gasteiger charge is 2.57. The molecule has 1 atom stereocenters. The van der Waals surface area contributed by atoms with Gasteiger partial charge >= 0.3 is 0 Å². The minimum atomic E-state index is -0.264. The normalized spacial score (nSPS) is 32.9. The van der Waals surface area contributed by atoms with Crippen molar-refractivity contribution in [2.75, 3.05) is 39.4 Å². The summed E-state index contributed by atoms with van der Waals surface area (Å²) in [5.41, 5.74) is -0.264. The van der Waals surface area contributed by atoms with Crippen LogP contribution in [0.2, 0.25) is 0 Å². The van der Waals surface area contributed by atoms with Gasteiger partial charge in [-0.2, -0.15) is 0 Å². The molecule has 4 saturated heterocycles. The van der Waals surface area contributed by atoms with Crippen LogP contribution in [0, 0.1) is 11.8 Å². The third-order valence-electron chi connectivity index (χ3n) is 7.11. The molecule has 28 heavy (non-hydrogen) atoms. The van der Waals surface area contributed by atoms with E-state index in [2.05, 4.69) is 40.1 Å². The molecule has 1 spiro atoms. The molecule has 1 unspecified atom stereocenters. The maximum absolute atomic E-state index is 6.38. The van der Waals surface area contributed by atoms with Crippen LogP contribution in [0.4, 0.5) is 0 Å². The number of hydrogen-bond acceptors (Lipinski definition) is 6. The van der Waals surface area contributed by atoms with Gasteiger partial charge in [0.25, 0.3) is 0 Å². The molecule has 148 valence electrons. The summed E-state index contributed by atoms with van der Waals surface area (Å²) in [6, 6.07) is 10.9. The van der Waals surface area contributed by atoms with Crippen LogP contribution < -0.4 is 0 Å². The topological polar surface area (TPSA) is 37.3 Å². The average Bonchev–Trinajstić information content (AvgIpc) is 3.32. The smallest absolute Gasteiger partial charge is 0.227 e. The van der Waals surface area contributed by atoms with E-state index in [4.69, 9.17) is 14.7 Å². The molecule has 1 aromatic heterocycles. The molecule has 6 heteroatoms. The zero-order valence-corrected chi connectivity index (χ0v) is 17.0. The first-order valence-corrected chi connectivity index (χ1v) is 11.5. The standard InChI is InChI=1S/C22H27N3O2S/c1-2-4-19-17(3-1)13-20(28-19)21-23-27-22(15-24-9-5-18(22)6-10-24)25(21)14-16-7-11-26-12-8-16/h1-4,13,16,18H,5-12,14-15H2. The van der Waals surface area contributed by atoms with Crippen molar-refractivity contribution in [2.45, 2.75) is 31.4 Å². The lowest BCUT2D eigenvalue weighted by molar-refractivity contribution is -0.199. The molecule has 1 aromatic carbocycles. The Kier molecular flexibility index (Phi) is 4.14. The van der Waals surface area contributed by atoms with Crippen LogP contribution in [-0.4, -0.2) is 60.8 Å². The Morgan fingerprint density at radius 1 is 1.11 bits per heavy atom. The van der Waals surface area contributed by atoms with Gasteiger partial charge < -0.3 is 14.5 Å². The molecule has 2 aromatic rings. The van der Waals surface area contributed by atoms with Crippen molar-refractivity contribution in [1.82, 2.24) is 9.80 Å². The van der Waals surface area contributed by atoms with Crippen molar-refractivity contribution < 1.29 is 9.57 Å². The van der Waals surface area contributed by atoms with E-state index in [1.165, 1.54) is 40.9 Å². The third kappa shape index (κ3) is 2.69.